The standard InChI is InChI=1S/C22H29N3O5S/c1-6-11(2)15(17(26)23-12(3)21(29)30)24-18(27)16-22(4,5)31-20-14-10-8-7-9-13(14)19(28)25(16)20/h7-12,15-16,20H,6H2,1-5H3,(H,23,26)(H,24,27)(H,29,30)/t11-,12+,15-,16-,20+/m0/s1. The van der Waals surface area contributed by atoms with E-state index in [1.807, 2.05) is 39.8 Å². The minimum atomic E-state index is -1.15. The van der Waals surface area contributed by atoms with Crippen molar-refractivity contribution in [2.45, 2.75) is 69.3 Å². The topological polar surface area (TPSA) is 116 Å². The van der Waals surface area contributed by atoms with Crippen molar-refractivity contribution < 1.29 is 24.3 Å². The number of nitrogens with one attached hydrogen (secondary N) is 2. The van der Waals surface area contributed by atoms with Crippen LogP contribution in [0.5, 0.6) is 0 Å². The van der Waals surface area contributed by atoms with Gasteiger partial charge in [-0.25, -0.2) is 0 Å². The number of amides is 3. The first kappa shape index (κ1) is 23.1. The highest BCUT2D eigenvalue weighted by Crippen LogP contribution is 2.56. The summed E-state index contributed by atoms with van der Waals surface area (Å²) in [6.45, 7) is 8.92. The molecule has 0 saturated carbocycles. The van der Waals surface area contributed by atoms with Gasteiger partial charge >= 0.3 is 5.97 Å². The van der Waals surface area contributed by atoms with Gasteiger partial charge in [0.15, 0.2) is 0 Å². The first-order valence-corrected chi connectivity index (χ1v) is 11.3. The summed E-state index contributed by atoms with van der Waals surface area (Å²) in [7, 11) is 0. The number of carbonyl (C=O) groups excluding carboxylic acids is 3. The number of fused-ring (bicyclic) bond motifs is 3. The maximum absolute atomic E-state index is 13.4. The van der Waals surface area contributed by atoms with E-state index in [4.69, 9.17) is 5.11 Å². The quantitative estimate of drug-likeness (QED) is 0.590. The fourth-order valence-corrected chi connectivity index (χ4v) is 5.69. The molecule has 0 radical (unpaired) electrons. The van der Waals surface area contributed by atoms with Gasteiger partial charge in [0.2, 0.25) is 11.8 Å². The fourth-order valence-electron chi connectivity index (χ4n) is 4.10. The largest absolute Gasteiger partial charge is 0.480 e. The van der Waals surface area contributed by atoms with Crippen LogP contribution in [0.15, 0.2) is 24.3 Å². The van der Waals surface area contributed by atoms with E-state index in [9.17, 15) is 19.2 Å². The lowest BCUT2D eigenvalue weighted by Crippen LogP contribution is -2.59. The molecule has 0 spiro atoms. The van der Waals surface area contributed by atoms with Crippen molar-refractivity contribution in [3.05, 3.63) is 35.4 Å². The van der Waals surface area contributed by atoms with Gasteiger partial charge in [0.05, 0.1) is 0 Å². The van der Waals surface area contributed by atoms with E-state index in [0.717, 1.165) is 5.56 Å². The molecule has 2 aliphatic heterocycles. The summed E-state index contributed by atoms with van der Waals surface area (Å²) < 4.78 is -0.567. The van der Waals surface area contributed by atoms with E-state index >= 15 is 0 Å². The van der Waals surface area contributed by atoms with Crippen LogP contribution in [-0.4, -0.2) is 56.6 Å². The Hall–Kier alpha value is -2.55. The average molecular weight is 448 g/mol. The molecular weight excluding hydrogens is 418 g/mol. The molecule has 3 N–H and O–H groups in total. The number of aliphatic carboxylic acids is 1. The summed E-state index contributed by atoms with van der Waals surface area (Å²) in [5.74, 6) is -2.52. The van der Waals surface area contributed by atoms with Crippen molar-refractivity contribution in [2.75, 3.05) is 0 Å². The molecule has 2 heterocycles. The number of carboxylic acids is 1. The summed E-state index contributed by atoms with van der Waals surface area (Å²) in [5.41, 5.74) is 1.49. The monoisotopic (exact) mass is 447 g/mol. The number of hydrogen-bond acceptors (Lipinski definition) is 5. The molecule has 5 atom stereocenters. The van der Waals surface area contributed by atoms with E-state index < -0.39 is 40.7 Å². The number of rotatable bonds is 7. The summed E-state index contributed by atoms with van der Waals surface area (Å²) in [4.78, 5) is 52.0. The molecule has 2 aliphatic rings. The Morgan fingerprint density at radius 2 is 1.84 bits per heavy atom. The minimum Gasteiger partial charge on any atom is -0.480 e. The van der Waals surface area contributed by atoms with Gasteiger partial charge in [0.25, 0.3) is 5.91 Å². The van der Waals surface area contributed by atoms with Gasteiger partial charge in [-0.2, -0.15) is 0 Å². The molecule has 1 aromatic rings. The average Bonchev–Trinajstić information content (AvgIpc) is 3.14. The van der Waals surface area contributed by atoms with Gasteiger partial charge in [-0.15, -0.1) is 11.8 Å². The lowest BCUT2D eigenvalue weighted by atomic mass is 9.95. The van der Waals surface area contributed by atoms with E-state index in [1.165, 1.54) is 6.92 Å². The van der Waals surface area contributed by atoms with Crippen LogP contribution in [0, 0.1) is 5.92 Å². The van der Waals surface area contributed by atoms with Crippen molar-refractivity contribution in [3.8, 4) is 0 Å². The zero-order valence-corrected chi connectivity index (χ0v) is 19.2. The second kappa shape index (κ2) is 8.53. The lowest BCUT2D eigenvalue weighted by molar-refractivity contribution is -0.142. The van der Waals surface area contributed by atoms with Gasteiger partial charge < -0.3 is 20.6 Å². The van der Waals surface area contributed by atoms with Crippen LogP contribution in [0.25, 0.3) is 0 Å². The van der Waals surface area contributed by atoms with Crippen LogP contribution in [0.3, 0.4) is 0 Å². The molecule has 31 heavy (non-hydrogen) atoms. The van der Waals surface area contributed by atoms with Gasteiger partial charge in [0.1, 0.15) is 23.5 Å². The van der Waals surface area contributed by atoms with Crippen LogP contribution >= 0.6 is 11.8 Å². The highest BCUT2D eigenvalue weighted by atomic mass is 32.2. The van der Waals surface area contributed by atoms with Gasteiger partial charge in [-0.05, 0) is 38.3 Å². The van der Waals surface area contributed by atoms with Crippen LogP contribution in [-0.2, 0) is 14.4 Å². The van der Waals surface area contributed by atoms with E-state index in [-0.39, 0.29) is 17.2 Å². The van der Waals surface area contributed by atoms with Gasteiger partial charge in [-0.1, -0.05) is 38.5 Å². The molecule has 0 unspecified atom stereocenters. The van der Waals surface area contributed by atoms with Crippen molar-refractivity contribution >= 4 is 35.5 Å². The first-order chi connectivity index (χ1) is 14.5. The van der Waals surface area contributed by atoms with Crippen molar-refractivity contribution in [2.24, 2.45) is 5.92 Å². The Balaban J connectivity index is 1.85. The third-order valence-corrected chi connectivity index (χ3v) is 7.60. The molecule has 1 fully saturated rings. The summed E-state index contributed by atoms with van der Waals surface area (Å²) in [6, 6.07) is 4.61. The van der Waals surface area contributed by atoms with E-state index in [1.54, 1.807) is 28.8 Å². The minimum absolute atomic E-state index is 0.192. The second-order valence-electron chi connectivity index (χ2n) is 8.72. The first-order valence-electron chi connectivity index (χ1n) is 10.4. The predicted octanol–water partition coefficient (Wildman–Crippen LogP) is 2.16. The number of carboxylic acid groups (broad SMARTS) is 1. The molecule has 1 saturated heterocycles. The molecule has 3 rings (SSSR count). The Morgan fingerprint density at radius 3 is 2.45 bits per heavy atom. The van der Waals surface area contributed by atoms with Gasteiger partial charge in [0, 0.05) is 10.3 Å². The zero-order valence-electron chi connectivity index (χ0n) is 18.3. The lowest BCUT2D eigenvalue weighted by Gasteiger charge is -2.32. The Bertz CT molecular complexity index is 918. The normalized spacial score (nSPS) is 24.0. The number of hydrogen-bond donors (Lipinski definition) is 3. The molecule has 0 bridgehead atoms. The Kier molecular flexibility index (Phi) is 6.36. The summed E-state index contributed by atoms with van der Waals surface area (Å²) in [5, 5.41) is 14.1. The molecule has 3 amide bonds. The van der Waals surface area contributed by atoms with Gasteiger partial charge in [-0.3, -0.25) is 19.2 Å². The van der Waals surface area contributed by atoms with E-state index in [2.05, 4.69) is 10.6 Å². The number of carbonyl (C=O) groups is 4. The Labute approximate surface area is 186 Å². The Morgan fingerprint density at radius 1 is 1.19 bits per heavy atom. The van der Waals surface area contributed by atoms with Crippen molar-refractivity contribution in [3.63, 3.8) is 0 Å². The molecule has 0 aliphatic carbocycles. The highest BCUT2D eigenvalue weighted by Gasteiger charge is 2.57. The number of thioether (sulfide) groups is 1. The molecule has 1 aromatic carbocycles. The van der Waals surface area contributed by atoms with Crippen LogP contribution in [0.2, 0.25) is 0 Å². The smallest absolute Gasteiger partial charge is 0.325 e. The third-order valence-electron chi connectivity index (χ3n) is 6.07. The summed E-state index contributed by atoms with van der Waals surface area (Å²) in [6.07, 6.45) is 0.610. The van der Waals surface area contributed by atoms with Crippen molar-refractivity contribution in [1.82, 2.24) is 15.5 Å². The van der Waals surface area contributed by atoms with Crippen LogP contribution in [0.4, 0.5) is 0 Å². The maximum atomic E-state index is 13.4. The van der Waals surface area contributed by atoms with Crippen LogP contribution in [0.1, 0.15) is 62.3 Å². The fraction of sp³-hybridized carbons (Fsp3) is 0.545. The molecule has 168 valence electrons. The molecular formula is C22H29N3O5S. The zero-order chi connectivity index (χ0) is 23.1. The predicted molar refractivity (Wildman–Crippen MR) is 117 cm³/mol. The summed E-state index contributed by atoms with van der Waals surface area (Å²) >= 11 is 1.55. The van der Waals surface area contributed by atoms with Crippen molar-refractivity contribution in [1.29, 1.82) is 0 Å². The van der Waals surface area contributed by atoms with Crippen LogP contribution < -0.4 is 10.6 Å². The third kappa shape index (κ3) is 4.15. The molecule has 9 heteroatoms. The maximum Gasteiger partial charge on any atom is 0.325 e. The molecule has 0 aromatic heterocycles. The van der Waals surface area contributed by atoms with E-state index in [0.29, 0.717) is 12.0 Å². The number of nitrogens with zero attached hydrogens (tertiary/aromatic N) is 1. The number of benzene rings is 1. The SMILES string of the molecule is CC[C@H](C)[C@H](NC(=O)[C@@H]1N2C(=O)c3ccccc3[C@H]2SC1(C)C)C(=O)N[C@H](C)C(=O)O. The molecule has 8 nitrogen and oxygen atoms in total. The highest BCUT2D eigenvalue weighted by molar-refractivity contribution is 8.01. The second-order valence-corrected chi connectivity index (χ2v) is 10.5.